The van der Waals surface area contributed by atoms with Gasteiger partial charge in [-0.05, 0) is 37.1 Å². The molecule has 25 heavy (non-hydrogen) atoms. The topological polar surface area (TPSA) is 79.0 Å². The molecule has 2 rings (SSSR count). The minimum Gasteiger partial charge on any atom is -0.494 e. The van der Waals surface area contributed by atoms with Crippen molar-refractivity contribution < 1.29 is 17.9 Å². The first-order valence-corrected chi connectivity index (χ1v) is 10.2. The first-order valence-electron chi connectivity index (χ1n) is 8.74. The van der Waals surface area contributed by atoms with Gasteiger partial charge in [-0.1, -0.05) is 13.8 Å². The predicted molar refractivity (Wildman–Crippen MR) is 96.2 cm³/mol. The van der Waals surface area contributed by atoms with Crippen molar-refractivity contribution in [2.45, 2.75) is 31.6 Å². The van der Waals surface area contributed by atoms with Gasteiger partial charge in [-0.3, -0.25) is 0 Å². The van der Waals surface area contributed by atoms with Crippen molar-refractivity contribution in [2.24, 2.45) is 0 Å². The summed E-state index contributed by atoms with van der Waals surface area (Å²) in [6.45, 7) is 6.63. The van der Waals surface area contributed by atoms with E-state index in [0.29, 0.717) is 45.1 Å². The number of carbonyl (C=O) groups excluding carboxylic acids is 1. The average molecular weight is 369 g/mol. The molecule has 1 fully saturated rings. The standard InChI is InChI=1S/C17H27N3O4S/c1-3-9-18-17(21)19-10-12-20(13-11-19)25(22,23)16-7-5-15(6-8-16)24-14-4-2/h5-8H,3-4,9-14H2,1-2H3,(H,18,21). The third-order valence-corrected chi connectivity index (χ3v) is 5.90. The third-order valence-electron chi connectivity index (χ3n) is 3.99. The second-order valence-corrected chi connectivity index (χ2v) is 7.88. The molecule has 0 atom stereocenters. The van der Waals surface area contributed by atoms with Crippen molar-refractivity contribution in [3.05, 3.63) is 24.3 Å². The molecule has 140 valence electrons. The monoisotopic (exact) mass is 369 g/mol. The number of ether oxygens (including phenoxy) is 1. The molecule has 7 nitrogen and oxygen atoms in total. The van der Waals surface area contributed by atoms with Crippen molar-refractivity contribution in [3.63, 3.8) is 0 Å². The van der Waals surface area contributed by atoms with Crippen LogP contribution in [0.15, 0.2) is 29.2 Å². The van der Waals surface area contributed by atoms with Crippen LogP contribution in [-0.2, 0) is 10.0 Å². The number of urea groups is 1. The van der Waals surface area contributed by atoms with Crippen LogP contribution >= 0.6 is 0 Å². The van der Waals surface area contributed by atoms with Crippen molar-refractivity contribution in [1.29, 1.82) is 0 Å². The van der Waals surface area contributed by atoms with Gasteiger partial charge in [0.05, 0.1) is 11.5 Å². The van der Waals surface area contributed by atoms with Crippen LogP contribution in [0.2, 0.25) is 0 Å². The van der Waals surface area contributed by atoms with Gasteiger partial charge in [0.15, 0.2) is 0 Å². The number of hydrogen-bond acceptors (Lipinski definition) is 4. The van der Waals surface area contributed by atoms with Crippen molar-refractivity contribution >= 4 is 16.1 Å². The molecule has 1 N–H and O–H groups in total. The van der Waals surface area contributed by atoms with Crippen molar-refractivity contribution in [3.8, 4) is 5.75 Å². The van der Waals surface area contributed by atoms with E-state index < -0.39 is 10.0 Å². The summed E-state index contributed by atoms with van der Waals surface area (Å²) in [4.78, 5) is 13.8. The van der Waals surface area contributed by atoms with Crippen LogP contribution in [0, 0.1) is 0 Å². The van der Waals surface area contributed by atoms with Crippen molar-refractivity contribution in [1.82, 2.24) is 14.5 Å². The van der Waals surface area contributed by atoms with Gasteiger partial charge in [-0.2, -0.15) is 4.31 Å². The van der Waals surface area contributed by atoms with E-state index in [1.165, 1.54) is 4.31 Å². The highest BCUT2D eigenvalue weighted by molar-refractivity contribution is 7.89. The molecule has 0 bridgehead atoms. The number of carbonyl (C=O) groups is 1. The Balaban J connectivity index is 1.96. The highest BCUT2D eigenvalue weighted by Gasteiger charge is 2.29. The van der Waals surface area contributed by atoms with E-state index in [9.17, 15) is 13.2 Å². The van der Waals surface area contributed by atoms with Gasteiger partial charge in [-0.25, -0.2) is 13.2 Å². The van der Waals surface area contributed by atoms with E-state index >= 15 is 0 Å². The zero-order valence-electron chi connectivity index (χ0n) is 14.9. The Morgan fingerprint density at radius 2 is 1.72 bits per heavy atom. The molecule has 1 aromatic rings. The lowest BCUT2D eigenvalue weighted by atomic mass is 10.3. The van der Waals surface area contributed by atoms with Crippen LogP contribution in [0.4, 0.5) is 4.79 Å². The van der Waals surface area contributed by atoms with Gasteiger partial charge in [0, 0.05) is 32.7 Å². The minimum absolute atomic E-state index is 0.128. The van der Waals surface area contributed by atoms with Gasteiger partial charge >= 0.3 is 6.03 Å². The van der Waals surface area contributed by atoms with Crippen LogP contribution in [0.1, 0.15) is 26.7 Å². The number of nitrogens with zero attached hydrogens (tertiary/aromatic N) is 2. The van der Waals surface area contributed by atoms with Crippen LogP contribution in [0.5, 0.6) is 5.75 Å². The Morgan fingerprint density at radius 3 is 2.28 bits per heavy atom. The van der Waals surface area contributed by atoms with E-state index in [1.807, 2.05) is 13.8 Å². The molecular weight excluding hydrogens is 342 g/mol. The summed E-state index contributed by atoms with van der Waals surface area (Å²) in [7, 11) is -3.55. The molecule has 2 amide bonds. The van der Waals surface area contributed by atoms with E-state index in [2.05, 4.69) is 5.32 Å². The van der Waals surface area contributed by atoms with Gasteiger partial charge in [0.1, 0.15) is 5.75 Å². The summed E-state index contributed by atoms with van der Waals surface area (Å²) in [5, 5.41) is 2.82. The van der Waals surface area contributed by atoms with Gasteiger partial charge < -0.3 is 15.0 Å². The SMILES string of the molecule is CCCNC(=O)N1CCN(S(=O)(=O)c2ccc(OCCC)cc2)CC1. The van der Waals surface area contributed by atoms with E-state index in [4.69, 9.17) is 4.74 Å². The fourth-order valence-corrected chi connectivity index (χ4v) is 3.97. The lowest BCUT2D eigenvalue weighted by molar-refractivity contribution is 0.172. The fourth-order valence-electron chi connectivity index (χ4n) is 2.55. The van der Waals surface area contributed by atoms with E-state index in [1.54, 1.807) is 29.2 Å². The third kappa shape index (κ3) is 5.09. The Kier molecular flexibility index (Phi) is 7.07. The predicted octanol–water partition coefficient (Wildman–Crippen LogP) is 1.90. The maximum Gasteiger partial charge on any atom is 0.317 e. The van der Waals surface area contributed by atoms with Crippen LogP contribution in [-0.4, -0.2) is 63.0 Å². The van der Waals surface area contributed by atoms with Crippen LogP contribution < -0.4 is 10.1 Å². The number of rotatable bonds is 7. The molecule has 0 aromatic heterocycles. The molecular formula is C17H27N3O4S. The zero-order valence-corrected chi connectivity index (χ0v) is 15.7. The minimum atomic E-state index is -3.55. The second kappa shape index (κ2) is 9.05. The van der Waals surface area contributed by atoms with Crippen LogP contribution in [0.3, 0.4) is 0 Å². The zero-order chi connectivity index (χ0) is 18.3. The average Bonchev–Trinajstić information content (AvgIpc) is 2.64. The van der Waals surface area contributed by atoms with Gasteiger partial charge in [0.25, 0.3) is 0 Å². The lowest BCUT2D eigenvalue weighted by Gasteiger charge is -2.34. The summed E-state index contributed by atoms with van der Waals surface area (Å²) in [6.07, 6.45) is 1.77. The second-order valence-electron chi connectivity index (χ2n) is 5.94. The molecule has 1 aliphatic rings. The van der Waals surface area contributed by atoms with E-state index in [0.717, 1.165) is 12.8 Å². The Morgan fingerprint density at radius 1 is 1.08 bits per heavy atom. The molecule has 0 saturated carbocycles. The summed E-state index contributed by atoms with van der Waals surface area (Å²) in [6, 6.07) is 6.37. The number of piperazine rings is 1. The normalized spacial score (nSPS) is 15.8. The summed E-state index contributed by atoms with van der Waals surface area (Å²) in [5.41, 5.74) is 0. The highest BCUT2D eigenvalue weighted by Crippen LogP contribution is 2.21. The number of hydrogen-bond donors (Lipinski definition) is 1. The number of amides is 2. The first kappa shape index (κ1) is 19.5. The fraction of sp³-hybridized carbons (Fsp3) is 0.588. The molecule has 1 aliphatic heterocycles. The smallest absolute Gasteiger partial charge is 0.317 e. The van der Waals surface area contributed by atoms with E-state index in [-0.39, 0.29) is 10.9 Å². The first-order chi connectivity index (χ1) is 12.0. The molecule has 1 aromatic carbocycles. The summed E-state index contributed by atoms with van der Waals surface area (Å²) >= 11 is 0. The highest BCUT2D eigenvalue weighted by atomic mass is 32.2. The molecule has 0 spiro atoms. The Labute approximate surface area is 150 Å². The Bertz CT molecular complexity index is 653. The molecule has 0 radical (unpaired) electrons. The molecule has 0 unspecified atom stereocenters. The summed E-state index contributed by atoms with van der Waals surface area (Å²) < 4.78 is 32.4. The van der Waals surface area contributed by atoms with Gasteiger partial charge in [-0.15, -0.1) is 0 Å². The summed E-state index contributed by atoms with van der Waals surface area (Å²) in [5.74, 6) is 0.665. The lowest BCUT2D eigenvalue weighted by Crippen LogP contribution is -2.53. The quantitative estimate of drug-likeness (QED) is 0.796. The molecule has 8 heteroatoms. The maximum atomic E-state index is 12.7. The van der Waals surface area contributed by atoms with Gasteiger partial charge in [0.2, 0.25) is 10.0 Å². The van der Waals surface area contributed by atoms with Crippen molar-refractivity contribution in [2.75, 3.05) is 39.3 Å². The number of sulfonamides is 1. The van der Waals surface area contributed by atoms with Crippen LogP contribution in [0.25, 0.3) is 0 Å². The largest absolute Gasteiger partial charge is 0.494 e. The maximum absolute atomic E-state index is 12.7. The molecule has 1 saturated heterocycles. The number of benzene rings is 1. The molecule has 1 heterocycles. The number of nitrogens with one attached hydrogen (secondary N) is 1. The molecule has 0 aliphatic carbocycles. The Hall–Kier alpha value is -1.80.